The Hall–Kier alpha value is -2.09. The van der Waals surface area contributed by atoms with Crippen LogP contribution in [0.4, 0.5) is 0 Å². The zero-order valence-electron chi connectivity index (χ0n) is 15.3. The lowest BCUT2D eigenvalue weighted by molar-refractivity contribution is -0.146. The van der Waals surface area contributed by atoms with Gasteiger partial charge < -0.3 is 19.1 Å². The van der Waals surface area contributed by atoms with Crippen molar-refractivity contribution in [1.29, 1.82) is 0 Å². The van der Waals surface area contributed by atoms with Crippen LogP contribution in [-0.2, 0) is 14.3 Å². The summed E-state index contributed by atoms with van der Waals surface area (Å²) < 4.78 is 15.6. The van der Waals surface area contributed by atoms with Gasteiger partial charge in [0.2, 0.25) is 0 Å². The average Bonchev–Trinajstić information content (AvgIpc) is 2.58. The van der Waals surface area contributed by atoms with E-state index in [2.05, 4.69) is 4.98 Å². The van der Waals surface area contributed by atoms with Crippen LogP contribution in [0.3, 0.4) is 0 Å². The molecule has 0 unspecified atom stereocenters. The molecule has 0 amide bonds. The van der Waals surface area contributed by atoms with Crippen molar-refractivity contribution in [1.82, 2.24) is 9.88 Å². The fourth-order valence-corrected chi connectivity index (χ4v) is 2.77. The molecule has 9 heteroatoms. The number of carbonyl (C=O) groups is 2. The maximum Gasteiger partial charge on any atom is 0.357 e. The summed E-state index contributed by atoms with van der Waals surface area (Å²) >= 11 is 12.3. The molecule has 2 aromatic rings. The number of hydrogen-bond acceptors (Lipinski definition) is 7. The van der Waals surface area contributed by atoms with Crippen molar-refractivity contribution in [2.24, 2.45) is 0 Å². The predicted molar refractivity (Wildman–Crippen MR) is 103 cm³/mol. The summed E-state index contributed by atoms with van der Waals surface area (Å²) in [6.45, 7) is 2.39. The first-order valence-corrected chi connectivity index (χ1v) is 8.97. The molecule has 0 bridgehead atoms. The maximum atomic E-state index is 12.1. The highest BCUT2D eigenvalue weighted by Gasteiger charge is 2.18. The molecule has 1 aromatic heterocycles. The molecule has 0 spiro atoms. The molecular formula is C18H20Cl2N2O5. The summed E-state index contributed by atoms with van der Waals surface area (Å²) in [5.74, 6) is -0.937. The number of pyridine rings is 1. The second-order valence-electron chi connectivity index (χ2n) is 5.82. The zero-order chi connectivity index (χ0) is 20.0. The van der Waals surface area contributed by atoms with Gasteiger partial charge in [0.25, 0.3) is 0 Å². The molecule has 0 fully saturated rings. The molecule has 0 radical (unpaired) electrons. The van der Waals surface area contributed by atoms with Gasteiger partial charge in [-0.1, -0.05) is 23.2 Å². The number of esters is 2. The van der Waals surface area contributed by atoms with Gasteiger partial charge in [0.05, 0.1) is 22.5 Å². The van der Waals surface area contributed by atoms with E-state index >= 15 is 0 Å². The van der Waals surface area contributed by atoms with E-state index in [-0.39, 0.29) is 36.3 Å². The number of carbonyl (C=O) groups excluding carboxylic acids is 2. The number of likely N-dealkylation sites (N-methyl/N-ethyl adjacent to an activating group) is 1. The van der Waals surface area contributed by atoms with Gasteiger partial charge in [0.1, 0.15) is 12.4 Å². The molecule has 7 nitrogen and oxygen atoms in total. The largest absolute Gasteiger partial charge is 0.481 e. The minimum absolute atomic E-state index is 0.0265. The Balaban J connectivity index is 2.27. The second-order valence-corrected chi connectivity index (χ2v) is 6.66. The van der Waals surface area contributed by atoms with Crippen LogP contribution in [0, 0.1) is 0 Å². The predicted octanol–water partition coefficient (Wildman–Crippen LogP) is 3.20. The van der Waals surface area contributed by atoms with E-state index in [1.165, 1.54) is 12.1 Å². The van der Waals surface area contributed by atoms with Crippen LogP contribution in [0.2, 0.25) is 10.0 Å². The van der Waals surface area contributed by atoms with Crippen molar-refractivity contribution in [3.8, 4) is 5.75 Å². The van der Waals surface area contributed by atoms with Crippen LogP contribution in [0.15, 0.2) is 18.2 Å². The summed E-state index contributed by atoms with van der Waals surface area (Å²) in [5.41, 5.74) is 0.382. The number of ether oxygens (including phenoxy) is 3. The van der Waals surface area contributed by atoms with Crippen molar-refractivity contribution in [2.45, 2.75) is 6.92 Å². The fourth-order valence-electron chi connectivity index (χ4n) is 2.19. The standard InChI is InChI=1S/C18H20Cl2N2O5/c1-4-25-18(24)14-9-15(27-10-16(23)26-6-5-22(2)3)17-12(20)7-11(19)8-13(17)21-14/h7-9H,4-6,10H2,1-3H3. The van der Waals surface area contributed by atoms with Crippen LogP contribution >= 0.6 is 23.2 Å². The van der Waals surface area contributed by atoms with Gasteiger partial charge in [-0.2, -0.15) is 0 Å². The van der Waals surface area contributed by atoms with Crippen LogP contribution < -0.4 is 4.74 Å². The summed E-state index contributed by atoms with van der Waals surface area (Å²) in [4.78, 5) is 30.0. The Bertz CT molecular complexity index is 842. The zero-order valence-corrected chi connectivity index (χ0v) is 16.8. The van der Waals surface area contributed by atoms with Crippen molar-refractivity contribution in [2.75, 3.05) is 40.5 Å². The van der Waals surface area contributed by atoms with E-state index in [4.69, 9.17) is 37.4 Å². The first-order valence-electron chi connectivity index (χ1n) is 8.22. The highest BCUT2D eigenvalue weighted by atomic mass is 35.5. The molecule has 146 valence electrons. The lowest BCUT2D eigenvalue weighted by atomic mass is 10.1. The average molecular weight is 415 g/mol. The Morgan fingerprint density at radius 1 is 1.15 bits per heavy atom. The Labute approximate surface area is 167 Å². The topological polar surface area (TPSA) is 78.0 Å². The van der Waals surface area contributed by atoms with Crippen LogP contribution in [-0.4, -0.2) is 62.3 Å². The van der Waals surface area contributed by atoms with Gasteiger partial charge in [0.15, 0.2) is 12.3 Å². The fraction of sp³-hybridized carbons (Fsp3) is 0.389. The van der Waals surface area contributed by atoms with Crippen LogP contribution in [0.5, 0.6) is 5.75 Å². The van der Waals surface area contributed by atoms with E-state index in [9.17, 15) is 9.59 Å². The van der Waals surface area contributed by atoms with E-state index < -0.39 is 11.9 Å². The van der Waals surface area contributed by atoms with Gasteiger partial charge in [-0.15, -0.1) is 0 Å². The molecule has 0 N–H and O–H groups in total. The summed E-state index contributed by atoms with van der Waals surface area (Å²) in [5, 5.41) is 1.08. The quantitative estimate of drug-likeness (QED) is 0.613. The highest BCUT2D eigenvalue weighted by Crippen LogP contribution is 2.34. The van der Waals surface area contributed by atoms with Crippen molar-refractivity contribution in [3.05, 3.63) is 33.9 Å². The number of rotatable bonds is 8. The molecule has 0 aliphatic rings. The van der Waals surface area contributed by atoms with Gasteiger partial charge in [-0.25, -0.2) is 14.6 Å². The number of benzene rings is 1. The molecule has 0 saturated carbocycles. The number of halogens is 2. The molecule has 1 aromatic carbocycles. The maximum absolute atomic E-state index is 12.1. The molecular weight excluding hydrogens is 395 g/mol. The highest BCUT2D eigenvalue weighted by molar-refractivity contribution is 6.39. The first kappa shape index (κ1) is 21.2. The van der Waals surface area contributed by atoms with E-state index in [1.54, 1.807) is 13.0 Å². The minimum Gasteiger partial charge on any atom is -0.481 e. The van der Waals surface area contributed by atoms with Crippen LogP contribution in [0.1, 0.15) is 17.4 Å². The van der Waals surface area contributed by atoms with Gasteiger partial charge in [-0.05, 0) is 33.2 Å². The summed E-state index contributed by atoms with van der Waals surface area (Å²) in [6.07, 6.45) is 0. The second kappa shape index (κ2) is 9.73. The van der Waals surface area contributed by atoms with E-state index in [0.717, 1.165) is 0 Å². The lowest BCUT2D eigenvalue weighted by Crippen LogP contribution is -2.22. The van der Waals surface area contributed by atoms with Crippen molar-refractivity contribution in [3.63, 3.8) is 0 Å². The molecule has 2 rings (SSSR count). The molecule has 1 heterocycles. The normalized spacial score (nSPS) is 10.9. The van der Waals surface area contributed by atoms with Gasteiger partial charge >= 0.3 is 11.9 Å². The minimum atomic E-state index is -0.617. The van der Waals surface area contributed by atoms with Crippen LogP contribution in [0.25, 0.3) is 10.9 Å². The number of aromatic nitrogens is 1. The Morgan fingerprint density at radius 2 is 1.89 bits per heavy atom. The van der Waals surface area contributed by atoms with E-state index in [0.29, 0.717) is 22.5 Å². The summed E-state index contributed by atoms with van der Waals surface area (Å²) in [6, 6.07) is 4.46. The van der Waals surface area contributed by atoms with E-state index in [1.807, 2.05) is 19.0 Å². The molecule has 0 aliphatic heterocycles. The monoisotopic (exact) mass is 414 g/mol. The first-order chi connectivity index (χ1) is 12.8. The van der Waals surface area contributed by atoms with Crippen molar-refractivity contribution >= 4 is 46.0 Å². The third-order valence-corrected chi connectivity index (χ3v) is 3.94. The van der Waals surface area contributed by atoms with Crippen molar-refractivity contribution < 1.29 is 23.8 Å². The molecule has 0 atom stereocenters. The number of nitrogens with zero attached hydrogens (tertiary/aromatic N) is 2. The van der Waals surface area contributed by atoms with Gasteiger partial charge in [0, 0.05) is 17.6 Å². The van der Waals surface area contributed by atoms with Gasteiger partial charge in [-0.3, -0.25) is 0 Å². The molecule has 0 saturated heterocycles. The SMILES string of the molecule is CCOC(=O)c1cc(OCC(=O)OCCN(C)C)c2c(Cl)cc(Cl)cc2n1. The smallest absolute Gasteiger partial charge is 0.357 e. The Morgan fingerprint density at radius 3 is 2.56 bits per heavy atom. The Kier molecular flexibility index (Phi) is 7.65. The number of hydrogen-bond donors (Lipinski definition) is 0. The third-order valence-electron chi connectivity index (χ3n) is 3.42. The molecule has 0 aliphatic carbocycles. The third kappa shape index (κ3) is 5.95. The lowest BCUT2D eigenvalue weighted by Gasteiger charge is -2.13. The summed E-state index contributed by atoms with van der Waals surface area (Å²) in [7, 11) is 3.75. The number of fused-ring (bicyclic) bond motifs is 1. The molecule has 27 heavy (non-hydrogen) atoms.